The van der Waals surface area contributed by atoms with Gasteiger partial charge in [-0.15, -0.1) is 5.10 Å². The third-order valence-corrected chi connectivity index (χ3v) is 4.93. The first kappa shape index (κ1) is 13.1. The summed E-state index contributed by atoms with van der Waals surface area (Å²) in [5.41, 5.74) is 1.31. The predicted octanol–water partition coefficient (Wildman–Crippen LogP) is 2.77. The van der Waals surface area contributed by atoms with E-state index in [-0.39, 0.29) is 0 Å². The van der Waals surface area contributed by atoms with Gasteiger partial charge in [0.1, 0.15) is 0 Å². The molecule has 0 bridgehead atoms. The third kappa shape index (κ3) is 2.42. The molecule has 1 aromatic heterocycles. The molecule has 2 aliphatic rings. The maximum Gasteiger partial charge on any atom is 0.0759 e. The lowest BCUT2D eigenvalue weighted by Gasteiger charge is -2.19. The Morgan fingerprint density at radius 3 is 2.68 bits per heavy atom. The second kappa shape index (κ2) is 5.61. The molecule has 3 rings (SSSR count). The van der Waals surface area contributed by atoms with Crippen LogP contribution in [0.2, 0.25) is 0 Å². The van der Waals surface area contributed by atoms with E-state index in [1.54, 1.807) is 0 Å². The van der Waals surface area contributed by atoms with Crippen molar-refractivity contribution in [2.75, 3.05) is 6.54 Å². The van der Waals surface area contributed by atoms with Crippen LogP contribution in [-0.4, -0.2) is 21.5 Å². The number of hydrogen-bond acceptors (Lipinski definition) is 3. The highest BCUT2D eigenvalue weighted by atomic mass is 15.4. The molecule has 0 saturated heterocycles. The molecule has 1 aromatic rings. The fourth-order valence-electron chi connectivity index (χ4n) is 4.09. The lowest BCUT2D eigenvalue weighted by Crippen LogP contribution is -2.26. The summed E-state index contributed by atoms with van der Waals surface area (Å²) in [7, 11) is 0. The van der Waals surface area contributed by atoms with Crippen molar-refractivity contribution in [1.29, 1.82) is 0 Å². The number of aromatic nitrogens is 3. The number of nitrogens with one attached hydrogen (secondary N) is 1. The fraction of sp³-hybridized carbons (Fsp3) is 0.867. The topological polar surface area (TPSA) is 42.7 Å². The minimum Gasteiger partial charge on any atom is -0.309 e. The van der Waals surface area contributed by atoms with Crippen LogP contribution in [0.15, 0.2) is 6.20 Å². The first-order valence-corrected chi connectivity index (χ1v) is 7.98. The Morgan fingerprint density at radius 2 is 2.05 bits per heavy atom. The Bertz CT molecular complexity index is 402. The van der Waals surface area contributed by atoms with E-state index in [2.05, 4.69) is 34.2 Å². The first-order chi connectivity index (χ1) is 9.36. The quantitative estimate of drug-likeness (QED) is 0.857. The summed E-state index contributed by atoms with van der Waals surface area (Å²) in [6, 6.07) is 0.472. The van der Waals surface area contributed by atoms with E-state index < -0.39 is 0 Å². The monoisotopic (exact) mass is 262 g/mol. The van der Waals surface area contributed by atoms with E-state index in [1.165, 1.54) is 31.4 Å². The van der Waals surface area contributed by atoms with Gasteiger partial charge in [-0.1, -0.05) is 31.9 Å². The van der Waals surface area contributed by atoms with E-state index in [9.17, 15) is 0 Å². The molecule has 106 valence electrons. The standard InChI is InChI=1S/C15H26N4/c1-3-9-19-13(10-17-18-19)15(16-4-2)14-11-7-5-6-8-12(11)14/h10-12,14-16H,3-9H2,1-2H3. The van der Waals surface area contributed by atoms with E-state index >= 15 is 0 Å². The third-order valence-electron chi connectivity index (χ3n) is 4.93. The molecule has 3 atom stereocenters. The van der Waals surface area contributed by atoms with Crippen molar-refractivity contribution in [2.45, 2.75) is 58.5 Å². The minimum absolute atomic E-state index is 0.472. The van der Waals surface area contributed by atoms with Crippen LogP contribution in [0.3, 0.4) is 0 Å². The molecule has 2 fully saturated rings. The van der Waals surface area contributed by atoms with Gasteiger partial charge in [0.05, 0.1) is 17.9 Å². The number of nitrogens with zero attached hydrogens (tertiary/aromatic N) is 3. The van der Waals surface area contributed by atoms with Crippen LogP contribution in [-0.2, 0) is 6.54 Å². The van der Waals surface area contributed by atoms with Gasteiger partial charge in [0.15, 0.2) is 0 Å². The average Bonchev–Trinajstić information content (AvgIpc) is 2.97. The molecule has 19 heavy (non-hydrogen) atoms. The van der Waals surface area contributed by atoms with E-state index in [1.807, 2.05) is 6.20 Å². The molecule has 3 unspecified atom stereocenters. The van der Waals surface area contributed by atoms with Crippen LogP contribution >= 0.6 is 0 Å². The summed E-state index contributed by atoms with van der Waals surface area (Å²) >= 11 is 0. The fourth-order valence-corrected chi connectivity index (χ4v) is 4.09. The highest BCUT2D eigenvalue weighted by Gasteiger charge is 2.54. The van der Waals surface area contributed by atoms with Gasteiger partial charge < -0.3 is 5.32 Å². The van der Waals surface area contributed by atoms with Gasteiger partial charge in [0.2, 0.25) is 0 Å². The molecule has 0 aromatic carbocycles. The second-order valence-electron chi connectivity index (χ2n) is 6.11. The summed E-state index contributed by atoms with van der Waals surface area (Å²) in [4.78, 5) is 0. The number of fused-ring (bicyclic) bond motifs is 1. The zero-order valence-electron chi connectivity index (χ0n) is 12.2. The molecule has 1 heterocycles. The molecule has 2 saturated carbocycles. The molecule has 1 N–H and O–H groups in total. The summed E-state index contributed by atoms with van der Waals surface area (Å²) in [5, 5.41) is 12.1. The summed E-state index contributed by atoms with van der Waals surface area (Å²) in [6.45, 7) is 6.41. The van der Waals surface area contributed by atoms with Crippen LogP contribution in [0.4, 0.5) is 0 Å². The second-order valence-corrected chi connectivity index (χ2v) is 6.11. The lowest BCUT2D eigenvalue weighted by molar-refractivity contribution is 0.414. The van der Waals surface area contributed by atoms with Gasteiger partial charge >= 0.3 is 0 Å². The average molecular weight is 262 g/mol. The van der Waals surface area contributed by atoms with Crippen LogP contribution < -0.4 is 5.32 Å². The molecule has 0 amide bonds. The zero-order valence-corrected chi connectivity index (χ0v) is 12.2. The Hall–Kier alpha value is -0.900. The van der Waals surface area contributed by atoms with Gasteiger partial charge in [-0.25, -0.2) is 4.68 Å². The Labute approximate surface area is 116 Å². The van der Waals surface area contributed by atoms with Crippen molar-refractivity contribution in [3.8, 4) is 0 Å². The largest absolute Gasteiger partial charge is 0.309 e. The van der Waals surface area contributed by atoms with Gasteiger partial charge in [-0.2, -0.15) is 0 Å². The predicted molar refractivity (Wildman–Crippen MR) is 75.7 cm³/mol. The molecular formula is C15H26N4. The Morgan fingerprint density at radius 1 is 1.32 bits per heavy atom. The maximum absolute atomic E-state index is 4.26. The summed E-state index contributed by atoms with van der Waals surface area (Å²) in [5.74, 6) is 2.75. The number of rotatable bonds is 6. The van der Waals surface area contributed by atoms with Crippen LogP contribution in [0, 0.1) is 17.8 Å². The molecule has 0 aliphatic heterocycles. The molecule has 0 radical (unpaired) electrons. The van der Waals surface area contributed by atoms with Crippen molar-refractivity contribution < 1.29 is 0 Å². The van der Waals surface area contributed by atoms with Crippen molar-refractivity contribution >= 4 is 0 Å². The van der Waals surface area contributed by atoms with E-state index in [4.69, 9.17) is 0 Å². The van der Waals surface area contributed by atoms with E-state index in [0.29, 0.717) is 6.04 Å². The van der Waals surface area contributed by atoms with Crippen LogP contribution in [0.1, 0.15) is 57.7 Å². The highest BCUT2D eigenvalue weighted by Crippen LogP contribution is 2.60. The number of hydrogen-bond donors (Lipinski definition) is 1. The summed E-state index contributed by atoms with van der Waals surface area (Å²) in [6.07, 6.45) is 8.84. The first-order valence-electron chi connectivity index (χ1n) is 7.98. The van der Waals surface area contributed by atoms with Crippen molar-refractivity contribution in [1.82, 2.24) is 20.3 Å². The summed E-state index contributed by atoms with van der Waals surface area (Å²) < 4.78 is 2.11. The van der Waals surface area contributed by atoms with E-state index in [0.717, 1.165) is 37.3 Å². The van der Waals surface area contributed by atoms with Crippen LogP contribution in [0.25, 0.3) is 0 Å². The SMILES string of the molecule is CCCn1nncc1C(NCC)C1C2CCCCC21. The normalized spacial score (nSPS) is 30.9. The van der Waals surface area contributed by atoms with Gasteiger partial charge in [-0.05, 0) is 43.6 Å². The van der Waals surface area contributed by atoms with Gasteiger partial charge in [-0.3, -0.25) is 0 Å². The maximum atomic E-state index is 4.26. The smallest absolute Gasteiger partial charge is 0.0759 e. The van der Waals surface area contributed by atoms with Crippen molar-refractivity contribution in [2.24, 2.45) is 17.8 Å². The molecule has 0 spiro atoms. The van der Waals surface area contributed by atoms with Crippen LogP contribution in [0.5, 0.6) is 0 Å². The zero-order chi connectivity index (χ0) is 13.2. The van der Waals surface area contributed by atoms with Crippen molar-refractivity contribution in [3.05, 3.63) is 11.9 Å². The Kier molecular flexibility index (Phi) is 3.87. The lowest BCUT2D eigenvalue weighted by atomic mass is 10.0. The highest BCUT2D eigenvalue weighted by molar-refractivity contribution is 5.14. The molecular weight excluding hydrogens is 236 g/mol. The van der Waals surface area contributed by atoms with Crippen molar-refractivity contribution in [3.63, 3.8) is 0 Å². The molecule has 2 aliphatic carbocycles. The van der Waals surface area contributed by atoms with Gasteiger partial charge in [0.25, 0.3) is 0 Å². The molecule has 4 heteroatoms. The van der Waals surface area contributed by atoms with Gasteiger partial charge in [0, 0.05) is 6.54 Å². The molecule has 4 nitrogen and oxygen atoms in total. The number of aryl methyl sites for hydroxylation is 1. The minimum atomic E-state index is 0.472. The Balaban J connectivity index is 1.79.